The van der Waals surface area contributed by atoms with Crippen molar-refractivity contribution >= 4 is 11.6 Å². The van der Waals surface area contributed by atoms with Crippen LogP contribution < -0.4 is 0 Å². The van der Waals surface area contributed by atoms with Crippen molar-refractivity contribution in [1.29, 1.82) is 0 Å². The molecule has 1 aromatic rings. The van der Waals surface area contributed by atoms with Gasteiger partial charge < -0.3 is 4.74 Å². The standard InChI is InChI=1S/C11H14ClNO/c1-9(2)6-7-14-8-10-4-3-5-11(12)13-10/h3-5H,1,6-8H2,2H3. The van der Waals surface area contributed by atoms with Gasteiger partial charge in [-0.2, -0.15) is 0 Å². The van der Waals surface area contributed by atoms with Gasteiger partial charge in [0.05, 0.1) is 18.9 Å². The zero-order valence-electron chi connectivity index (χ0n) is 8.29. The maximum absolute atomic E-state index is 5.73. The van der Waals surface area contributed by atoms with Gasteiger partial charge in [-0.15, -0.1) is 6.58 Å². The summed E-state index contributed by atoms with van der Waals surface area (Å²) in [4.78, 5) is 4.11. The molecule has 0 aliphatic heterocycles. The molecule has 0 aliphatic rings. The molecule has 0 saturated heterocycles. The number of hydrogen-bond acceptors (Lipinski definition) is 2. The number of nitrogens with zero attached hydrogens (tertiary/aromatic N) is 1. The Morgan fingerprint density at radius 2 is 2.36 bits per heavy atom. The lowest BCUT2D eigenvalue weighted by molar-refractivity contribution is 0.121. The fraction of sp³-hybridized carbons (Fsp3) is 0.364. The molecule has 0 unspecified atom stereocenters. The monoisotopic (exact) mass is 211 g/mol. The summed E-state index contributed by atoms with van der Waals surface area (Å²) < 4.78 is 5.40. The van der Waals surface area contributed by atoms with Crippen LogP contribution in [0.5, 0.6) is 0 Å². The third-order valence-corrected chi connectivity index (χ3v) is 1.91. The molecule has 0 aromatic carbocycles. The van der Waals surface area contributed by atoms with Gasteiger partial charge in [-0.25, -0.2) is 4.98 Å². The number of aromatic nitrogens is 1. The molecule has 0 N–H and O–H groups in total. The summed E-state index contributed by atoms with van der Waals surface area (Å²) in [6, 6.07) is 5.51. The van der Waals surface area contributed by atoms with E-state index in [2.05, 4.69) is 11.6 Å². The Kier molecular flexibility index (Phi) is 4.63. The Bertz CT molecular complexity index is 312. The molecule has 1 heterocycles. The molecule has 14 heavy (non-hydrogen) atoms. The lowest BCUT2D eigenvalue weighted by Gasteiger charge is -2.03. The summed E-state index contributed by atoms with van der Waals surface area (Å²) >= 11 is 5.73. The van der Waals surface area contributed by atoms with Crippen molar-refractivity contribution in [3.05, 3.63) is 41.2 Å². The molecule has 0 fully saturated rings. The third-order valence-electron chi connectivity index (χ3n) is 1.70. The second-order valence-electron chi connectivity index (χ2n) is 3.21. The molecule has 0 aliphatic carbocycles. The van der Waals surface area contributed by atoms with Gasteiger partial charge in [0.15, 0.2) is 0 Å². The third kappa shape index (κ3) is 4.40. The molecule has 3 heteroatoms. The summed E-state index contributed by atoms with van der Waals surface area (Å²) in [5.41, 5.74) is 1.99. The Labute approximate surface area is 89.6 Å². The van der Waals surface area contributed by atoms with Gasteiger partial charge in [0.1, 0.15) is 5.15 Å². The van der Waals surface area contributed by atoms with Crippen LogP contribution >= 0.6 is 11.6 Å². The fourth-order valence-electron chi connectivity index (χ4n) is 0.954. The highest BCUT2D eigenvalue weighted by atomic mass is 35.5. The summed E-state index contributed by atoms with van der Waals surface area (Å²) in [6.07, 6.45) is 0.889. The van der Waals surface area contributed by atoms with E-state index in [9.17, 15) is 0 Å². The van der Waals surface area contributed by atoms with Crippen molar-refractivity contribution in [1.82, 2.24) is 4.98 Å². The summed E-state index contributed by atoms with van der Waals surface area (Å²) in [5, 5.41) is 0.506. The number of rotatable bonds is 5. The molecule has 76 valence electrons. The van der Waals surface area contributed by atoms with E-state index in [0.717, 1.165) is 17.7 Å². The van der Waals surface area contributed by atoms with E-state index < -0.39 is 0 Å². The molecule has 0 amide bonds. The number of ether oxygens (including phenoxy) is 1. The van der Waals surface area contributed by atoms with Gasteiger partial charge in [-0.1, -0.05) is 23.2 Å². The van der Waals surface area contributed by atoms with Crippen molar-refractivity contribution in [2.45, 2.75) is 20.0 Å². The first kappa shape index (κ1) is 11.2. The van der Waals surface area contributed by atoms with Crippen LogP contribution in [0.4, 0.5) is 0 Å². The fourth-order valence-corrected chi connectivity index (χ4v) is 1.14. The molecule has 1 rings (SSSR count). The first-order chi connectivity index (χ1) is 6.68. The average molecular weight is 212 g/mol. The highest BCUT2D eigenvalue weighted by Gasteiger charge is 1.95. The van der Waals surface area contributed by atoms with Crippen molar-refractivity contribution in [2.75, 3.05) is 6.61 Å². The molecule has 0 spiro atoms. The van der Waals surface area contributed by atoms with E-state index in [1.54, 1.807) is 6.07 Å². The highest BCUT2D eigenvalue weighted by molar-refractivity contribution is 6.29. The average Bonchev–Trinajstić information content (AvgIpc) is 2.12. The van der Waals surface area contributed by atoms with E-state index in [0.29, 0.717) is 18.4 Å². The zero-order chi connectivity index (χ0) is 10.4. The number of halogens is 1. The Hall–Kier alpha value is -0.860. The van der Waals surface area contributed by atoms with Crippen molar-refractivity contribution in [3.63, 3.8) is 0 Å². The maximum atomic E-state index is 5.73. The second-order valence-corrected chi connectivity index (χ2v) is 3.60. The quantitative estimate of drug-likeness (QED) is 0.424. The summed E-state index contributed by atoms with van der Waals surface area (Å²) in [6.45, 7) is 6.98. The minimum atomic E-state index is 0.506. The molecule has 1 aromatic heterocycles. The number of pyridine rings is 1. The molecular weight excluding hydrogens is 198 g/mol. The predicted octanol–water partition coefficient (Wildman–Crippen LogP) is 3.22. The molecule has 0 atom stereocenters. The SMILES string of the molecule is C=C(C)CCOCc1cccc(Cl)n1. The zero-order valence-corrected chi connectivity index (χ0v) is 9.05. The lowest BCUT2D eigenvalue weighted by Crippen LogP contribution is -1.97. The van der Waals surface area contributed by atoms with Gasteiger partial charge in [-0.3, -0.25) is 0 Å². The predicted molar refractivity (Wildman–Crippen MR) is 58.3 cm³/mol. The first-order valence-corrected chi connectivity index (χ1v) is 4.90. The van der Waals surface area contributed by atoms with E-state index >= 15 is 0 Å². The minimum Gasteiger partial charge on any atom is -0.375 e. The van der Waals surface area contributed by atoms with Crippen LogP contribution in [0.3, 0.4) is 0 Å². The Balaban J connectivity index is 2.28. The highest BCUT2D eigenvalue weighted by Crippen LogP contribution is 2.06. The van der Waals surface area contributed by atoms with Gasteiger partial charge in [-0.05, 0) is 25.5 Å². The second kappa shape index (κ2) is 5.78. The Morgan fingerprint density at radius 1 is 1.57 bits per heavy atom. The maximum Gasteiger partial charge on any atom is 0.129 e. The van der Waals surface area contributed by atoms with Crippen LogP contribution in [0.1, 0.15) is 19.0 Å². The van der Waals surface area contributed by atoms with Gasteiger partial charge in [0.25, 0.3) is 0 Å². The normalized spacial score (nSPS) is 10.1. The van der Waals surface area contributed by atoms with Crippen LogP contribution in [0.15, 0.2) is 30.4 Å². The van der Waals surface area contributed by atoms with Crippen LogP contribution in [0.2, 0.25) is 5.15 Å². The summed E-state index contributed by atoms with van der Waals surface area (Å²) in [7, 11) is 0. The molecule has 0 bridgehead atoms. The van der Waals surface area contributed by atoms with Crippen LogP contribution in [0.25, 0.3) is 0 Å². The first-order valence-electron chi connectivity index (χ1n) is 4.52. The van der Waals surface area contributed by atoms with E-state index in [-0.39, 0.29) is 0 Å². The van der Waals surface area contributed by atoms with Gasteiger partial charge in [0, 0.05) is 0 Å². The molecule has 2 nitrogen and oxygen atoms in total. The topological polar surface area (TPSA) is 22.1 Å². The number of hydrogen-bond donors (Lipinski definition) is 0. The van der Waals surface area contributed by atoms with Crippen LogP contribution in [-0.4, -0.2) is 11.6 Å². The Morgan fingerprint density at radius 3 is 3.00 bits per heavy atom. The van der Waals surface area contributed by atoms with Gasteiger partial charge >= 0.3 is 0 Å². The van der Waals surface area contributed by atoms with E-state index in [1.807, 2.05) is 19.1 Å². The summed E-state index contributed by atoms with van der Waals surface area (Å²) in [5.74, 6) is 0. The van der Waals surface area contributed by atoms with Crippen LogP contribution in [0, 0.1) is 0 Å². The van der Waals surface area contributed by atoms with Crippen molar-refractivity contribution in [2.24, 2.45) is 0 Å². The minimum absolute atomic E-state index is 0.506. The molecule has 0 radical (unpaired) electrons. The van der Waals surface area contributed by atoms with E-state index in [1.165, 1.54) is 0 Å². The largest absolute Gasteiger partial charge is 0.375 e. The van der Waals surface area contributed by atoms with E-state index in [4.69, 9.17) is 16.3 Å². The van der Waals surface area contributed by atoms with Crippen molar-refractivity contribution in [3.8, 4) is 0 Å². The lowest BCUT2D eigenvalue weighted by atomic mass is 10.3. The molecule has 0 saturated carbocycles. The van der Waals surface area contributed by atoms with Crippen molar-refractivity contribution < 1.29 is 4.74 Å². The van der Waals surface area contributed by atoms with Crippen LogP contribution in [-0.2, 0) is 11.3 Å². The molecular formula is C11H14ClNO. The van der Waals surface area contributed by atoms with Gasteiger partial charge in [0.2, 0.25) is 0 Å². The smallest absolute Gasteiger partial charge is 0.129 e.